The summed E-state index contributed by atoms with van der Waals surface area (Å²) in [7, 11) is 0. The van der Waals surface area contributed by atoms with E-state index >= 15 is 0 Å². The van der Waals surface area contributed by atoms with Gasteiger partial charge in [-0.25, -0.2) is 0 Å². The number of carboxylic acid groups (broad SMARTS) is 1. The lowest BCUT2D eigenvalue weighted by Gasteiger charge is -2.16. The van der Waals surface area contributed by atoms with Gasteiger partial charge in [0.2, 0.25) is 5.91 Å². The molecule has 0 saturated carbocycles. The fourth-order valence-corrected chi connectivity index (χ4v) is 0.877. The number of carbonyl (C=O) groups is 2. The molecule has 0 spiro atoms. The van der Waals surface area contributed by atoms with Gasteiger partial charge in [-0.15, -0.1) is 6.58 Å². The molecule has 0 atom stereocenters. The van der Waals surface area contributed by atoms with Crippen LogP contribution in [0.5, 0.6) is 0 Å². The Morgan fingerprint density at radius 1 is 1.54 bits per heavy atom. The Morgan fingerprint density at radius 2 is 2.15 bits per heavy atom. The quantitative estimate of drug-likeness (QED) is 0.522. The van der Waals surface area contributed by atoms with Gasteiger partial charge in [0.15, 0.2) is 0 Å². The number of nitrogens with zero attached hydrogens (tertiary/aromatic N) is 1. The Hall–Kier alpha value is -1.36. The topological polar surface area (TPSA) is 83.6 Å². The van der Waals surface area contributed by atoms with Gasteiger partial charge in [0.25, 0.3) is 0 Å². The molecule has 74 valence electrons. The van der Waals surface area contributed by atoms with Crippen LogP contribution in [0.3, 0.4) is 0 Å². The number of hydrogen-bond donors (Lipinski definition) is 2. The lowest BCUT2D eigenvalue weighted by molar-refractivity contribution is -0.138. The van der Waals surface area contributed by atoms with Gasteiger partial charge in [-0.3, -0.25) is 14.5 Å². The standard InChI is InChI=1S/C8H14N2O3/c1-2-4-10(6-8(12)13)5-3-7(9)11/h2H,1,3-6H2,(H2,9,11)(H,12,13). The zero-order valence-corrected chi connectivity index (χ0v) is 7.40. The van der Waals surface area contributed by atoms with Gasteiger partial charge in [0, 0.05) is 19.5 Å². The van der Waals surface area contributed by atoms with Gasteiger partial charge in [-0.1, -0.05) is 6.08 Å². The van der Waals surface area contributed by atoms with Crippen LogP contribution in [0.25, 0.3) is 0 Å². The zero-order chi connectivity index (χ0) is 10.3. The van der Waals surface area contributed by atoms with Crippen LogP contribution in [0.2, 0.25) is 0 Å². The van der Waals surface area contributed by atoms with E-state index in [9.17, 15) is 9.59 Å². The average molecular weight is 186 g/mol. The second-order valence-electron chi connectivity index (χ2n) is 2.63. The molecule has 0 fully saturated rings. The van der Waals surface area contributed by atoms with E-state index in [1.54, 1.807) is 11.0 Å². The SMILES string of the molecule is C=CCN(CCC(N)=O)CC(=O)O. The Bertz CT molecular complexity index is 204. The molecule has 0 aromatic carbocycles. The molecule has 3 N–H and O–H groups in total. The summed E-state index contributed by atoms with van der Waals surface area (Å²) in [6.45, 7) is 4.19. The first-order chi connectivity index (χ1) is 6.06. The predicted molar refractivity (Wildman–Crippen MR) is 48.1 cm³/mol. The number of carboxylic acids is 1. The van der Waals surface area contributed by atoms with Crippen molar-refractivity contribution in [1.29, 1.82) is 0 Å². The normalized spacial score (nSPS) is 9.92. The van der Waals surface area contributed by atoms with Crippen molar-refractivity contribution in [3.63, 3.8) is 0 Å². The summed E-state index contributed by atoms with van der Waals surface area (Å²) in [6, 6.07) is 0. The van der Waals surface area contributed by atoms with Crippen LogP contribution in [0.1, 0.15) is 6.42 Å². The number of primary amides is 1. The van der Waals surface area contributed by atoms with E-state index in [0.717, 1.165) is 0 Å². The molecule has 0 bridgehead atoms. The number of hydrogen-bond acceptors (Lipinski definition) is 3. The summed E-state index contributed by atoms with van der Waals surface area (Å²) in [4.78, 5) is 22.3. The molecule has 0 aliphatic rings. The van der Waals surface area contributed by atoms with Crippen LogP contribution in [-0.4, -0.2) is 41.5 Å². The van der Waals surface area contributed by atoms with E-state index in [0.29, 0.717) is 13.1 Å². The Labute approximate surface area is 76.8 Å². The van der Waals surface area contributed by atoms with Crippen molar-refractivity contribution < 1.29 is 14.7 Å². The third-order valence-electron chi connectivity index (χ3n) is 1.42. The largest absolute Gasteiger partial charge is 0.480 e. The van der Waals surface area contributed by atoms with E-state index in [1.165, 1.54) is 0 Å². The van der Waals surface area contributed by atoms with Crippen molar-refractivity contribution in [1.82, 2.24) is 4.90 Å². The molecule has 1 amide bonds. The highest BCUT2D eigenvalue weighted by atomic mass is 16.4. The number of carbonyl (C=O) groups excluding carboxylic acids is 1. The first kappa shape index (κ1) is 11.6. The molecule has 0 aliphatic carbocycles. The molecule has 0 aromatic heterocycles. The second kappa shape index (κ2) is 6.19. The number of rotatable bonds is 7. The Morgan fingerprint density at radius 3 is 2.54 bits per heavy atom. The maximum atomic E-state index is 10.4. The van der Waals surface area contributed by atoms with Crippen molar-refractivity contribution in [2.45, 2.75) is 6.42 Å². The fraction of sp³-hybridized carbons (Fsp3) is 0.500. The average Bonchev–Trinajstić information content (AvgIpc) is 1.99. The van der Waals surface area contributed by atoms with Crippen LogP contribution in [-0.2, 0) is 9.59 Å². The third-order valence-corrected chi connectivity index (χ3v) is 1.42. The van der Waals surface area contributed by atoms with Crippen LogP contribution >= 0.6 is 0 Å². The highest BCUT2D eigenvalue weighted by Gasteiger charge is 2.08. The van der Waals surface area contributed by atoms with E-state index < -0.39 is 11.9 Å². The monoisotopic (exact) mass is 186 g/mol. The number of nitrogens with two attached hydrogens (primary N) is 1. The van der Waals surface area contributed by atoms with E-state index in [4.69, 9.17) is 10.8 Å². The molecule has 0 aliphatic heterocycles. The molecular formula is C8H14N2O3. The zero-order valence-electron chi connectivity index (χ0n) is 7.40. The molecule has 0 aromatic rings. The second-order valence-corrected chi connectivity index (χ2v) is 2.63. The van der Waals surface area contributed by atoms with Gasteiger partial charge in [0.05, 0.1) is 6.54 Å². The van der Waals surface area contributed by atoms with Crippen molar-refractivity contribution in [2.75, 3.05) is 19.6 Å². The van der Waals surface area contributed by atoms with Gasteiger partial charge in [-0.05, 0) is 0 Å². The molecule has 5 nitrogen and oxygen atoms in total. The van der Waals surface area contributed by atoms with Crippen LogP contribution < -0.4 is 5.73 Å². The van der Waals surface area contributed by atoms with Crippen molar-refractivity contribution >= 4 is 11.9 Å². The summed E-state index contributed by atoms with van der Waals surface area (Å²) >= 11 is 0. The van der Waals surface area contributed by atoms with Crippen molar-refractivity contribution in [3.05, 3.63) is 12.7 Å². The summed E-state index contributed by atoms with van der Waals surface area (Å²) in [5, 5.41) is 8.48. The van der Waals surface area contributed by atoms with E-state index in [2.05, 4.69) is 6.58 Å². The Balaban J connectivity index is 3.85. The molecule has 0 radical (unpaired) electrons. The molecule has 0 saturated heterocycles. The maximum absolute atomic E-state index is 10.4. The number of aliphatic carboxylic acids is 1. The first-order valence-corrected chi connectivity index (χ1v) is 3.89. The van der Waals surface area contributed by atoms with E-state index in [1.807, 2.05) is 0 Å². The van der Waals surface area contributed by atoms with Crippen molar-refractivity contribution in [2.24, 2.45) is 5.73 Å². The smallest absolute Gasteiger partial charge is 0.317 e. The fourth-order valence-electron chi connectivity index (χ4n) is 0.877. The van der Waals surface area contributed by atoms with Crippen LogP contribution in [0.4, 0.5) is 0 Å². The molecule has 13 heavy (non-hydrogen) atoms. The van der Waals surface area contributed by atoms with Gasteiger partial charge >= 0.3 is 5.97 Å². The maximum Gasteiger partial charge on any atom is 0.317 e. The summed E-state index contributed by atoms with van der Waals surface area (Å²) in [5.74, 6) is -1.36. The molecule has 5 heteroatoms. The molecule has 0 heterocycles. The third kappa shape index (κ3) is 7.02. The molecule has 0 unspecified atom stereocenters. The van der Waals surface area contributed by atoms with Crippen LogP contribution in [0, 0.1) is 0 Å². The van der Waals surface area contributed by atoms with Gasteiger partial charge < -0.3 is 10.8 Å². The number of amides is 1. The minimum Gasteiger partial charge on any atom is -0.480 e. The van der Waals surface area contributed by atoms with Crippen molar-refractivity contribution in [3.8, 4) is 0 Å². The summed E-state index contributed by atoms with van der Waals surface area (Å²) in [5.41, 5.74) is 4.93. The van der Waals surface area contributed by atoms with Gasteiger partial charge in [0.1, 0.15) is 0 Å². The molecule has 0 rings (SSSR count). The highest BCUT2D eigenvalue weighted by Crippen LogP contribution is 1.91. The van der Waals surface area contributed by atoms with E-state index in [-0.39, 0.29) is 13.0 Å². The van der Waals surface area contributed by atoms with Gasteiger partial charge in [-0.2, -0.15) is 0 Å². The lowest BCUT2D eigenvalue weighted by atomic mass is 10.3. The molecular weight excluding hydrogens is 172 g/mol. The first-order valence-electron chi connectivity index (χ1n) is 3.89. The Kier molecular flexibility index (Phi) is 5.54. The summed E-state index contributed by atoms with van der Waals surface area (Å²) < 4.78 is 0. The lowest BCUT2D eigenvalue weighted by Crippen LogP contribution is -2.32. The summed E-state index contributed by atoms with van der Waals surface area (Å²) in [6.07, 6.45) is 1.76. The highest BCUT2D eigenvalue weighted by molar-refractivity contribution is 5.74. The van der Waals surface area contributed by atoms with Crippen LogP contribution in [0.15, 0.2) is 12.7 Å². The minimum atomic E-state index is -0.925. The minimum absolute atomic E-state index is 0.0979. The predicted octanol–water partition coefficient (Wildman–Crippen LogP) is -0.566.